The first kappa shape index (κ1) is 15.5. The highest BCUT2D eigenvalue weighted by Gasteiger charge is 2.11. The van der Waals surface area contributed by atoms with Crippen molar-refractivity contribution in [1.29, 1.82) is 0 Å². The van der Waals surface area contributed by atoms with Crippen molar-refractivity contribution in [2.24, 2.45) is 5.73 Å². The molecular formula is C11H17ClN2O3. The van der Waals surface area contributed by atoms with Crippen LogP contribution >= 0.6 is 12.4 Å². The number of halogens is 1. The second-order valence-corrected chi connectivity index (χ2v) is 3.34. The fourth-order valence-corrected chi connectivity index (χ4v) is 1.16. The SMILES string of the molecule is COc1ccc(OC)c(NC(=O)C(C)N)c1.Cl. The molecule has 0 bridgehead atoms. The molecule has 0 aliphatic heterocycles. The average molecular weight is 261 g/mol. The van der Waals surface area contributed by atoms with Gasteiger partial charge in [0, 0.05) is 6.07 Å². The number of nitrogens with two attached hydrogens (primary N) is 1. The molecule has 1 unspecified atom stereocenters. The van der Waals surface area contributed by atoms with E-state index in [-0.39, 0.29) is 18.3 Å². The van der Waals surface area contributed by atoms with Gasteiger partial charge in [-0.25, -0.2) is 0 Å². The minimum Gasteiger partial charge on any atom is -0.497 e. The molecule has 0 fully saturated rings. The van der Waals surface area contributed by atoms with E-state index in [0.717, 1.165) is 0 Å². The van der Waals surface area contributed by atoms with Crippen LogP contribution in [0.2, 0.25) is 0 Å². The van der Waals surface area contributed by atoms with Gasteiger partial charge in [-0.1, -0.05) is 0 Å². The van der Waals surface area contributed by atoms with Crippen molar-refractivity contribution in [1.82, 2.24) is 0 Å². The van der Waals surface area contributed by atoms with Crippen molar-refractivity contribution in [2.45, 2.75) is 13.0 Å². The van der Waals surface area contributed by atoms with Crippen LogP contribution < -0.4 is 20.5 Å². The van der Waals surface area contributed by atoms with Crippen LogP contribution in [0.1, 0.15) is 6.92 Å². The Morgan fingerprint density at radius 1 is 1.35 bits per heavy atom. The van der Waals surface area contributed by atoms with Crippen molar-refractivity contribution in [3.63, 3.8) is 0 Å². The highest BCUT2D eigenvalue weighted by Crippen LogP contribution is 2.28. The number of benzene rings is 1. The van der Waals surface area contributed by atoms with E-state index in [1.807, 2.05) is 0 Å². The number of carbonyl (C=O) groups excluding carboxylic acids is 1. The van der Waals surface area contributed by atoms with Crippen LogP contribution in [0.3, 0.4) is 0 Å². The van der Waals surface area contributed by atoms with E-state index in [1.165, 1.54) is 7.11 Å². The number of rotatable bonds is 4. The summed E-state index contributed by atoms with van der Waals surface area (Å²) in [6, 6.07) is 4.57. The van der Waals surface area contributed by atoms with Crippen LogP contribution in [0, 0.1) is 0 Å². The molecule has 0 saturated heterocycles. The number of amides is 1. The van der Waals surface area contributed by atoms with Crippen LogP contribution in [0.5, 0.6) is 11.5 Å². The zero-order chi connectivity index (χ0) is 12.1. The molecule has 5 nitrogen and oxygen atoms in total. The Morgan fingerprint density at radius 3 is 2.47 bits per heavy atom. The molecular weight excluding hydrogens is 244 g/mol. The van der Waals surface area contributed by atoms with Gasteiger partial charge in [-0.05, 0) is 19.1 Å². The molecule has 0 spiro atoms. The predicted molar refractivity (Wildman–Crippen MR) is 69.1 cm³/mol. The third-order valence-corrected chi connectivity index (χ3v) is 2.08. The van der Waals surface area contributed by atoms with Gasteiger partial charge in [-0.3, -0.25) is 4.79 Å². The summed E-state index contributed by atoms with van der Waals surface area (Å²) in [4.78, 5) is 11.4. The summed E-state index contributed by atoms with van der Waals surface area (Å²) < 4.78 is 10.2. The number of carbonyl (C=O) groups is 1. The van der Waals surface area contributed by atoms with Crippen LogP contribution in [0.15, 0.2) is 18.2 Å². The Balaban J connectivity index is 0.00000256. The second kappa shape index (κ2) is 6.98. The summed E-state index contributed by atoms with van der Waals surface area (Å²) in [5, 5.41) is 2.67. The molecule has 0 aliphatic rings. The molecule has 0 heterocycles. The summed E-state index contributed by atoms with van der Waals surface area (Å²) in [5.74, 6) is 0.933. The predicted octanol–water partition coefficient (Wildman–Crippen LogP) is 1.41. The van der Waals surface area contributed by atoms with Crippen LogP contribution in [-0.2, 0) is 4.79 Å². The summed E-state index contributed by atoms with van der Waals surface area (Å²) in [6.45, 7) is 1.61. The first-order valence-corrected chi connectivity index (χ1v) is 4.87. The minimum absolute atomic E-state index is 0. The number of ether oxygens (including phenoxy) is 2. The van der Waals surface area contributed by atoms with E-state index in [0.29, 0.717) is 17.2 Å². The Morgan fingerprint density at radius 2 is 2.00 bits per heavy atom. The molecule has 0 saturated carbocycles. The van der Waals surface area contributed by atoms with E-state index >= 15 is 0 Å². The number of hydrogen-bond donors (Lipinski definition) is 2. The number of hydrogen-bond acceptors (Lipinski definition) is 4. The Hall–Kier alpha value is -1.46. The maximum Gasteiger partial charge on any atom is 0.241 e. The number of anilines is 1. The molecule has 6 heteroatoms. The third-order valence-electron chi connectivity index (χ3n) is 2.08. The molecule has 0 aromatic heterocycles. The van der Waals surface area contributed by atoms with E-state index in [4.69, 9.17) is 15.2 Å². The van der Waals surface area contributed by atoms with E-state index in [2.05, 4.69) is 5.32 Å². The Kier molecular flexibility index (Phi) is 6.38. The fourth-order valence-electron chi connectivity index (χ4n) is 1.16. The molecule has 1 rings (SSSR count). The monoisotopic (exact) mass is 260 g/mol. The van der Waals surface area contributed by atoms with Gasteiger partial charge in [-0.2, -0.15) is 0 Å². The van der Waals surface area contributed by atoms with Crippen molar-refractivity contribution < 1.29 is 14.3 Å². The molecule has 0 aliphatic carbocycles. The lowest BCUT2D eigenvalue weighted by Crippen LogP contribution is -2.32. The summed E-state index contributed by atoms with van der Waals surface area (Å²) >= 11 is 0. The maximum absolute atomic E-state index is 11.4. The van der Waals surface area contributed by atoms with Crippen molar-refractivity contribution >= 4 is 24.0 Å². The first-order valence-electron chi connectivity index (χ1n) is 4.87. The van der Waals surface area contributed by atoms with Crippen LogP contribution in [0.4, 0.5) is 5.69 Å². The normalized spacial score (nSPS) is 11.1. The highest BCUT2D eigenvalue weighted by atomic mass is 35.5. The highest BCUT2D eigenvalue weighted by molar-refractivity contribution is 5.95. The summed E-state index contributed by atoms with van der Waals surface area (Å²) in [5.41, 5.74) is 6.01. The van der Waals surface area contributed by atoms with Crippen LogP contribution in [0.25, 0.3) is 0 Å². The maximum atomic E-state index is 11.4. The van der Waals surface area contributed by atoms with Gasteiger partial charge in [0.1, 0.15) is 11.5 Å². The van der Waals surface area contributed by atoms with Crippen molar-refractivity contribution in [3.8, 4) is 11.5 Å². The topological polar surface area (TPSA) is 73.6 Å². The molecule has 17 heavy (non-hydrogen) atoms. The molecule has 96 valence electrons. The number of nitrogens with one attached hydrogen (secondary N) is 1. The molecule has 1 atom stereocenters. The van der Waals surface area contributed by atoms with E-state index in [1.54, 1.807) is 32.2 Å². The van der Waals surface area contributed by atoms with E-state index in [9.17, 15) is 4.79 Å². The quantitative estimate of drug-likeness (QED) is 0.859. The van der Waals surface area contributed by atoms with Crippen molar-refractivity contribution in [3.05, 3.63) is 18.2 Å². The average Bonchev–Trinajstić information content (AvgIpc) is 2.28. The summed E-state index contributed by atoms with van der Waals surface area (Å²) in [7, 11) is 3.09. The zero-order valence-corrected chi connectivity index (χ0v) is 10.8. The fraction of sp³-hybridized carbons (Fsp3) is 0.364. The molecule has 1 aromatic carbocycles. The Labute approximate surface area is 107 Å². The lowest BCUT2D eigenvalue weighted by Gasteiger charge is -2.12. The Bertz CT molecular complexity index is 383. The lowest BCUT2D eigenvalue weighted by atomic mass is 10.2. The van der Waals surface area contributed by atoms with E-state index < -0.39 is 6.04 Å². The van der Waals surface area contributed by atoms with Gasteiger partial charge in [0.2, 0.25) is 5.91 Å². The zero-order valence-electron chi connectivity index (χ0n) is 10.0. The standard InChI is InChI=1S/C11H16N2O3.ClH/c1-7(12)11(14)13-9-6-8(15-2)4-5-10(9)16-3;/h4-7H,12H2,1-3H3,(H,13,14);1H. The van der Waals surface area contributed by atoms with Gasteiger partial charge < -0.3 is 20.5 Å². The molecule has 1 aromatic rings. The van der Waals surface area contributed by atoms with Gasteiger partial charge in [0.25, 0.3) is 0 Å². The van der Waals surface area contributed by atoms with Gasteiger partial charge in [-0.15, -0.1) is 12.4 Å². The van der Waals surface area contributed by atoms with Crippen molar-refractivity contribution in [2.75, 3.05) is 19.5 Å². The molecule has 0 radical (unpaired) electrons. The summed E-state index contributed by atoms with van der Waals surface area (Å²) in [6.07, 6.45) is 0. The molecule has 1 amide bonds. The smallest absolute Gasteiger partial charge is 0.241 e. The van der Waals surface area contributed by atoms with Crippen LogP contribution in [-0.4, -0.2) is 26.2 Å². The minimum atomic E-state index is -0.573. The largest absolute Gasteiger partial charge is 0.497 e. The second-order valence-electron chi connectivity index (χ2n) is 3.34. The first-order chi connectivity index (χ1) is 7.58. The third kappa shape index (κ3) is 4.13. The number of methoxy groups -OCH3 is 2. The molecule has 3 N–H and O–H groups in total. The van der Waals surface area contributed by atoms with Gasteiger partial charge in [0.15, 0.2) is 0 Å². The van der Waals surface area contributed by atoms with Gasteiger partial charge >= 0.3 is 0 Å². The lowest BCUT2D eigenvalue weighted by molar-refractivity contribution is -0.117. The van der Waals surface area contributed by atoms with Gasteiger partial charge in [0.05, 0.1) is 25.9 Å².